The van der Waals surface area contributed by atoms with Gasteiger partial charge in [-0.2, -0.15) is 0 Å². The number of hydrogen-bond acceptors (Lipinski definition) is 4. The zero-order valence-electron chi connectivity index (χ0n) is 13.9. The Kier molecular flexibility index (Phi) is 6.88. The van der Waals surface area contributed by atoms with Gasteiger partial charge in [0.2, 0.25) is 0 Å². The summed E-state index contributed by atoms with van der Waals surface area (Å²) in [5.74, 6) is -0.559. The number of carbonyl (C=O) groups is 2. The van der Waals surface area contributed by atoms with Gasteiger partial charge in [-0.3, -0.25) is 9.59 Å². The van der Waals surface area contributed by atoms with Gasteiger partial charge in [0, 0.05) is 10.6 Å². The monoisotopic (exact) mass is 343 g/mol. The maximum Gasteiger partial charge on any atom is 0.316 e. The molecule has 0 atom stereocenters. The Bertz CT molecular complexity index is 698. The van der Waals surface area contributed by atoms with Crippen LogP contribution in [0.15, 0.2) is 53.4 Å². The largest absolute Gasteiger partial charge is 0.455 e. The van der Waals surface area contributed by atoms with Gasteiger partial charge in [0.25, 0.3) is 5.91 Å². The van der Waals surface area contributed by atoms with Crippen molar-refractivity contribution in [2.24, 2.45) is 0 Å². The van der Waals surface area contributed by atoms with Crippen molar-refractivity contribution in [3.05, 3.63) is 59.7 Å². The first kappa shape index (κ1) is 18.1. The Balaban J connectivity index is 1.72. The number of rotatable bonds is 7. The van der Waals surface area contributed by atoms with E-state index in [9.17, 15) is 9.59 Å². The summed E-state index contributed by atoms with van der Waals surface area (Å²) in [6, 6.07) is 15.5. The van der Waals surface area contributed by atoms with E-state index in [2.05, 4.69) is 12.2 Å². The molecule has 0 saturated carbocycles. The first-order chi connectivity index (χ1) is 11.6. The Morgan fingerprint density at radius 2 is 1.88 bits per heavy atom. The van der Waals surface area contributed by atoms with Crippen LogP contribution in [0.25, 0.3) is 0 Å². The van der Waals surface area contributed by atoms with Crippen molar-refractivity contribution in [3.63, 3.8) is 0 Å². The highest BCUT2D eigenvalue weighted by atomic mass is 32.2. The average Bonchev–Trinajstić information content (AvgIpc) is 2.59. The third-order valence-electron chi connectivity index (χ3n) is 3.36. The van der Waals surface area contributed by atoms with E-state index in [1.807, 2.05) is 55.5 Å². The lowest BCUT2D eigenvalue weighted by Crippen LogP contribution is -2.21. The van der Waals surface area contributed by atoms with Crippen LogP contribution in [0.4, 0.5) is 5.69 Å². The second-order valence-corrected chi connectivity index (χ2v) is 6.41. The lowest BCUT2D eigenvalue weighted by atomic mass is 10.1. The van der Waals surface area contributed by atoms with Gasteiger partial charge in [0.15, 0.2) is 6.61 Å². The molecule has 0 spiro atoms. The molecule has 0 fully saturated rings. The van der Waals surface area contributed by atoms with Crippen molar-refractivity contribution in [1.29, 1.82) is 0 Å². The Labute approximate surface area is 146 Å². The van der Waals surface area contributed by atoms with Crippen LogP contribution in [-0.2, 0) is 20.7 Å². The topological polar surface area (TPSA) is 55.4 Å². The van der Waals surface area contributed by atoms with Crippen LogP contribution >= 0.6 is 11.8 Å². The minimum atomic E-state index is -0.405. The number of anilines is 1. The van der Waals surface area contributed by atoms with Crippen molar-refractivity contribution >= 4 is 29.3 Å². The van der Waals surface area contributed by atoms with Gasteiger partial charge in [-0.05, 0) is 43.2 Å². The summed E-state index contributed by atoms with van der Waals surface area (Å²) in [5, 5.41) is 2.73. The summed E-state index contributed by atoms with van der Waals surface area (Å²) < 4.78 is 5.01. The van der Waals surface area contributed by atoms with E-state index in [-0.39, 0.29) is 18.3 Å². The number of nitrogens with one attached hydrogen (secondary N) is 1. The summed E-state index contributed by atoms with van der Waals surface area (Å²) in [4.78, 5) is 24.5. The molecule has 0 heterocycles. The van der Waals surface area contributed by atoms with Gasteiger partial charge >= 0.3 is 5.97 Å². The van der Waals surface area contributed by atoms with Crippen LogP contribution in [0.2, 0.25) is 0 Å². The number of aryl methyl sites for hydroxylation is 2. The van der Waals surface area contributed by atoms with Crippen LogP contribution < -0.4 is 5.32 Å². The van der Waals surface area contributed by atoms with E-state index in [4.69, 9.17) is 4.74 Å². The van der Waals surface area contributed by atoms with Crippen LogP contribution in [0.1, 0.15) is 18.1 Å². The fourth-order valence-corrected chi connectivity index (χ4v) is 2.73. The molecule has 1 N–H and O–H groups in total. The van der Waals surface area contributed by atoms with Crippen LogP contribution in [0.3, 0.4) is 0 Å². The fourth-order valence-electron chi connectivity index (χ4n) is 2.03. The lowest BCUT2D eigenvalue weighted by Gasteiger charge is -2.08. The fraction of sp³-hybridized carbons (Fsp3) is 0.263. The number of esters is 1. The molecule has 0 saturated heterocycles. The molecule has 2 aromatic carbocycles. The zero-order valence-corrected chi connectivity index (χ0v) is 14.7. The predicted molar refractivity (Wildman–Crippen MR) is 97.3 cm³/mol. The molecule has 0 aliphatic carbocycles. The molecule has 0 radical (unpaired) electrons. The second kappa shape index (κ2) is 9.13. The number of hydrogen-bond donors (Lipinski definition) is 1. The number of benzene rings is 2. The van der Waals surface area contributed by atoms with Crippen LogP contribution in [0, 0.1) is 6.92 Å². The summed E-state index contributed by atoms with van der Waals surface area (Å²) in [5.41, 5.74) is 3.02. The molecule has 24 heavy (non-hydrogen) atoms. The number of amides is 1. The lowest BCUT2D eigenvalue weighted by molar-refractivity contribution is -0.144. The highest BCUT2D eigenvalue weighted by Gasteiger charge is 2.09. The second-order valence-electron chi connectivity index (χ2n) is 5.36. The molecule has 2 aromatic rings. The van der Waals surface area contributed by atoms with E-state index in [1.165, 1.54) is 17.3 Å². The molecule has 126 valence electrons. The molecular weight excluding hydrogens is 322 g/mol. The van der Waals surface area contributed by atoms with Gasteiger partial charge < -0.3 is 10.1 Å². The van der Waals surface area contributed by atoms with Crippen LogP contribution in [0.5, 0.6) is 0 Å². The van der Waals surface area contributed by atoms with E-state index in [0.717, 1.165) is 16.9 Å². The molecule has 1 amide bonds. The highest BCUT2D eigenvalue weighted by molar-refractivity contribution is 8.00. The molecule has 0 aromatic heterocycles. The summed E-state index contributed by atoms with van der Waals surface area (Å²) in [6.45, 7) is 3.79. The number of ether oxygens (including phenoxy) is 1. The predicted octanol–water partition coefficient (Wildman–Crippen LogP) is 3.83. The third-order valence-corrected chi connectivity index (χ3v) is 4.35. The first-order valence-corrected chi connectivity index (χ1v) is 8.79. The van der Waals surface area contributed by atoms with E-state index in [0.29, 0.717) is 5.69 Å². The maximum absolute atomic E-state index is 11.8. The Hall–Kier alpha value is -2.27. The Morgan fingerprint density at radius 1 is 1.12 bits per heavy atom. The van der Waals surface area contributed by atoms with Gasteiger partial charge in [0.05, 0.1) is 5.75 Å². The Morgan fingerprint density at radius 3 is 2.58 bits per heavy atom. The molecule has 0 unspecified atom stereocenters. The summed E-state index contributed by atoms with van der Waals surface area (Å²) in [7, 11) is 0. The molecule has 5 heteroatoms. The van der Waals surface area contributed by atoms with Crippen molar-refractivity contribution in [2.75, 3.05) is 17.7 Å². The average molecular weight is 343 g/mol. The van der Waals surface area contributed by atoms with Gasteiger partial charge in [-0.1, -0.05) is 36.8 Å². The zero-order chi connectivity index (χ0) is 17.4. The number of thioether (sulfide) groups is 1. The highest BCUT2D eigenvalue weighted by Crippen LogP contribution is 2.18. The van der Waals surface area contributed by atoms with Crippen molar-refractivity contribution in [3.8, 4) is 0 Å². The summed E-state index contributed by atoms with van der Waals surface area (Å²) in [6.07, 6.45) is 0.898. The molecule has 2 rings (SSSR count). The quantitative estimate of drug-likeness (QED) is 0.613. The molecule has 0 aliphatic rings. The number of carbonyl (C=O) groups excluding carboxylic acids is 2. The smallest absolute Gasteiger partial charge is 0.316 e. The molecule has 0 aliphatic heterocycles. The normalized spacial score (nSPS) is 10.2. The van der Waals surface area contributed by atoms with Gasteiger partial charge in [-0.15, -0.1) is 11.8 Å². The molecule has 4 nitrogen and oxygen atoms in total. The first-order valence-electron chi connectivity index (χ1n) is 7.80. The summed E-state index contributed by atoms with van der Waals surface area (Å²) >= 11 is 1.39. The minimum Gasteiger partial charge on any atom is -0.455 e. The van der Waals surface area contributed by atoms with E-state index >= 15 is 0 Å². The van der Waals surface area contributed by atoms with E-state index < -0.39 is 5.97 Å². The van der Waals surface area contributed by atoms with Crippen molar-refractivity contribution in [2.45, 2.75) is 25.2 Å². The van der Waals surface area contributed by atoms with Gasteiger partial charge in [-0.25, -0.2) is 0 Å². The SMILES string of the molecule is CCc1cccc(NC(=O)COC(=O)CSc2ccc(C)cc2)c1. The molecule has 0 bridgehead atoms. The van der Waals surface area contributed by atoms with Crippen molar-refractivity contribution in [1.82, 2.24) is 0 Å². The van der Waals surface area contributed by atoms with E-state index in [1.54, 1.807) is 0 Å². The van der Waals surface area contributed by atoms with Gasteiger partial charge in [0.1, 0.15) is 0 Å². The van der Waals surface area contributed by atoms with Crippen LogP contribution in [-0.4, -0.2) is 24.2 Å². The minimum absolute atomic E-state index is 0.182. The molecular formula is C19H21NO3S. The maximum atomic E-state index is 11.8. The van der Waals surface area contributed by atoms with Crippen molar-refractivity contribution < 1.29 is 14.3 Å². The standard InChI is InChI=1S/C19H21NO3S/c1-3-15-5-4-6-16(11-15)20-18(21)12-23-19(22)13-24-17-9-7-14(2)8-10-17/h4-11H,3,12-13H2,1-2H3,(H,20,21). The third kappa shape index (κ3) is 6.08.